The van der Waals surface area contributed by atoms with Crippen molar-refractivity contribution in [3.63, 3.8) is 0 Å². The Morgan fingerprint density at radius 1 is 1.45 bits per heavy atom. The Morgan fingerprint density at radius 2 is 2.30 bits per heavy atom. The molecule has 0 fully saturated rings. The third-order valence-corrected chi connectivity index (χ3v) is 4.10. The van der Waals surface area contributed by atoms with Crippen LogP contribution in [-0.2, 0) is 6.54 Å². The lowest BCUT2D eigenvalue weighted by molar-refractivity contribution is 0.654. The van der Waals surface area contributed by atoms with E-state index in [0.29, 0.717) is 11.2 Å². The van der Waals surface area contributed by atoms with E-state index in [1.54, 1.807) is 12.3 Å². The molecule has 0 aliphatic rings. The minimum atomic E-state index is -0.0857. The molecule has 102 valence electrons. The van der Waals surface area contributed by atoms with Crippen LogP contribution in [0.5, 0.6) is 0 Å². The molecule has 6 heteroatoms. The molecule has 0 aliphatic carbocycles. The molecule has 1 N–H and O–H groups in total. The molecule has 3 rings (SSSR count). The van der Waals surface area contributed by atoms with Gasteiger partial charge >= 0.3 is 0 Å². The summed E-state index contributed by atoms with van der Waals surface area (Å²) < 4.78 is 1.88. The van der Waals surface area contributed by atoms with Crippen molar-refractivity contribution in [3.05, 3.63) is 45.1 Å². The van der Waals surface area contributed by atoms with Gasteiger partial charge in [-0.05, 0) is 43.0 Å². The summed E-state index contributed by atoms with van der Waals surface area (Å²) in [6, 6.07) is 1.92. The van der Waals surface area contributed by atoms with E-state index in [4.69, 9.17) is 0 Å². The molecule has 0 amide bonds. The monoisotopic (exact) mass is 286 g/mol. The Bertz CT molecular complexity index is 840. The van der Waals surface area contributed by atoms with Crippen LogP contribution in [0.4, 0.5) is 0 Å². The Morgan fingerprint density at radius 3 is 3.10 bits per heavy atom. The zero-order valence-electron chi connectivity index (χ0n) is 11.3. The number of aromatic amines is 1. The van der Waals surface area contributed by atoms with Crippen LogP contribution in [0.2, 0.25) is 0 Å². The molecular formula is C14H14N4OS. The molecule has 0 unspecified atom stereocenters. The first-order valence-corrected chi connectivity index (χ1v) is 7.25. The Kier molecular flexibility index (Phi) is 3.23. The third-order valence-electron chi connectivity index (χ3n) is 3.11. The van der Waals surface area contributed by atoms with Gasteiger partial charge in [0.25, 0.3) is 5.56 Å². The molecule has 0 aromatic carbocycles. The van der Waals surface area contributed by atoms with Crippen LogP contribution in [0.25, 0.3) is 22.4 Å². The molecule has 0 radical (unpaired) electrons. The first-order valence-electron chi connectivity index (χ1n) is 6.37. The van der Waals surface area contributed by atoms with Gasteiger partial charge in [-0.3, -0.25) is 9.48 Å². The van der Waals surface area contributed by atoms with Crippen molar-refractivity contribution in [1.29, 1.82) is 0 Å². The Labute approximate surface area is 119 Å². The van der Waals surface area contributed by atoms with Gasteiger partial charge in [0.1, 0.15) is 10.7 Å². The van der Waals surface area contributed by atoms with Gasteiger partial charge in [-0.15, -0.1) is 11.3 Å². The zero-order valence-corrected chi connectivity index (χ0v) is 12.1. The van der Waals surface area contributed by atoms with Crippen LogP contribution >= 0.6 is 11.3 Å². The van der Waals surface area contributed by atoms with Crippen molar-refractivity contribution in [2.75, 3.05) is 0 Å². The predicted molar refractivity (Wildman–Crippen MR) is 81.8 cm³/mol. The Balaban J connectivity index is 2.01. The normalized spacial score (nSPS) is 11.7. The molecule has 5 nitrogen and oxygen atoms in total. The second kappa shape index (κ2) is 5.05. The summed E-state index contributed by atoms with van der Waals surface area (Å²) in [7, 11) is 0. The van der Waals surface area contributed by atoms with Crippen LogP contribution in [0.15, 0.2) is 22.4 Å². The summed E-state index contributed by atoms with van der Waals surface area (Å²) in [5.74, 6) is 0.563. The lowest BCUT2D eigenvalue weighted by Crippen LogP contribution is -2.09. The second-order valence-electron chi connectivity index (χ2n) is 4.46. The summed E-state index contributed by atoms with van der Waals surface area (Å²) in [4.78, 5) is 20.1. The van der Waals surface area contributed by atoms with Gasteiger partial charge in [0.2, 0.25) is 0 Å². The minimum absolute atomic E-state index is 0.0857. The number of nitrogens with zero attached hydrogens (tertiary/aromatic N) is 3. The van der Waals surface area contributed by atoms with Gasteiger partial charge in [0, 0.05) is 12.7 Å². The maximum absolute atomic E-state index is 12.0. The average Bonchev–Trinajstić information content (AvgIpc) is 3.03. The van der Waals surface area contributed by atoms with E-state index in [9.17, 15) is 4.79 Å². The predicted octanol–water partition coefficient (Wildman–Crippen LogP) is 2.68. The topological polar surface area (TPSA) is 63.6 Å². The number of aromatic nitrogens is 4. The van der Waals surface area contributed by atoms with Crippen molar-refractivity contribution in [2.24, 2.45) is 0 Å². The van der Waals surface area contributed by atoms with E-state index in [2.05, 4.69) is 15.1 Å². The molecule has 3 heterocycles. The van der Waals surface area contributed by atoms with Crippen molar-refractivity contribution in [1.82, 2.24) is 19.7 Å². The summed E-state index contributed by atoms with van der Waals surface area (Å²) in [5, 5.41) is 6.83. The van der Waals surface area contributed by atoms with Crippen LogP contribution in [0.3, 0.4) is 0 Å². The van der Waals surface area contributed by atoms with E-state index in [1.165, 1.54) is 11.3 Å². The van der Waals surface area contributed by atoms with E-state index in [0.717, 1.165) is 22.6 Å². The fourth-order valence-corrected chi connectivity index (χ4v) is 3.03. The van der Waals surface area contributed by atoms with Gasteiger partial charge in [0.15, 0.2) is 0 Å². The summed E-state index contributed by atoms with van der Waals surface area (Å²) >= 11 is 1.49. The number of rotatable bonds is 3. The Hall–Kier alpha value is -2.21. The highest BCUT2D eigenvalue weighted by molar-refractivity contribution is 7.16. The molecular weight excluding hydrogens is 272 g/mol. The molecule has 0 atom stereocenters. The van der Waals surface area contributed by atoms with Gasteiger partial charge < -0.3 is 4.98 Å². The smallest absolute Gasteiger partial charge is 0.260 e. The lowest BCUT2D eigenvalue weighted by Gasteiger charge is -1.99. The maximum atomic E-state index is 12.0. The van der Waals surface area contributed by atoms with Gasteiger partial charge in [-0.2, -0.15) is 5.10 Å². The first-order chi connectivity index (χ1) is 9.69. The van der Waals surface area contributed by atoms with Crippen LogP contribution in [0, 0.1) is 6.92 Å². The fourth-order valence-electron chi connectivity index (χ4n) is 2.10. The van der Waals surface area contributed by atoms with Crippen LogP contribution in [-0.4, -0.2) is 19.7 Å². The number of hydrogen-bond acceptors (Lipinski definition) is 4. The highest BCUT2D eigenvalue weighted by Crippen LogP contribution is 2.20. The molecule has 0 bridgehead atoms. The van der Waals surface area contributed by atoms with E-state index in [-0.39, 0.29) is 5.56 Å². The van der Waals surface area contributed by atoms with Gasteiger partial charge in [0.05, 0.1) is 11.1 Å². The average molecular weight is 286 g/mol. The quantitative estimate of drug-likeness (QED) is 0.805. The number of fused-ring (bicyclic) bond motifs is 1. The van der Waals surface area contributed by atoms with Crippen LogP contribution in [0.1, 0.15) is 24.0 Å². The summed E-state index contributed by atoms with van der Waals surface area (Å²) in [5.41, 5.74) is 1.87. The van der Waals surface area contributed by atoms with E-state index >= 15 is 0 Å². The highest BCUT2D eigenvalue weighted by atomic mass is 32.1. The molecule has 0 spiro atoms. The van der Waals surface area contributed by atoms with E-state index < -0.39 is 0 Å². The number of H-pyrrole nitrogens is 1. The molecule has 20 heavy (non-hydrogen) atoms. The zero-order chi connectivity index (χ0) is 14.1. The highest BCUT2D eigenvalue weighted by Gasteiger charge is 2.07. The number of aryl methyl sites for hydroxylation is 2. The largest absolute Gasteiger partial charge is 0.306 e. The lowest BCUT2D eigenvalue weighted by atomic mass is 10.3. The maximum Gasteiger partial charge on any atom is 0.260 e. The second-order valence-corrected chi connectivity index (χ2v) is 5.31. The first kappa shape index (κ1) is 12.8. The number of hydrogen-bond donors (Lipinski definition) is 1. The molecule has 0 aliphatic heterocycles. The van der Waals surface area contributed by atoms with E-state index in [1.807, 2.05) is 36.1 Å². The molecule has 0 saturated heterocycles. The summed E-state index contributed by atoms with van der Waals surface area (Å²) in [6.45, 7) is 4.76. The molecule has 0 saturated carbocycles. The number of nitrogens with one attached hydrogen (secondary N) is 1. The number of thiophene rings is 1. The van der Waals surface area contributed by atoms with Crippen molar-refractivity contribution in [2.45, 2.75) is 20.4 Å². The fraction of sp³-hybridized carbons (Fsp3) is 0.214. The minimum Gasteiger partial charge on any atom is -0.306 e. The van der Waals surface area contributed by atoms with Crippen molar-refractivity contribution >= 4 is 33.7 Å². The van der Waals surface area contributed by atoms with Gasteiger partial charge in [-0.1, -0.05) is 0 Å². The van der Waals surface area contributed by atoms with Crippen molar-refractivity contribution < 1.29 is 0 Å². The molecule has 3 aromatic heterocycles. The molecule has 3 aromatic rings. The van der Waals surface area contributed by atoms with Gasteiger partial charge in [-0.25, -0.2) is 4.98 Å². The van der Waals surface area contributed by atoms with Crippen LogP contribution < -0.4 is 5.56 Å². The third kappa shape index (κ3) is 2.18. The SMILES string of the molecule is CCn1nccc1/C=C/c1nc2scc(C)c2c(=O)[nH]1. The summed E-state index contributed by atoms with van der Waals surface area (Å²) in [6.07, 6.45) is 5.46. The standard InChI is InChI=1S/C14H14N4OS/c1-3-18-10(6-7-15-18)4-5-11-16-13(19)12-9(2)8-20-14(12)17-11/h4-8H,3H2,1-2H3,(H,16,17,19)/b5-4+. The van der Waals surface area contributed by atoms with Crippen molar-refractivity contribution in [3.8, 4) is 0 Å².